The molecule has 1 saturated heterocycles. The number of rotatable bonds is 5. The van der Waals surface area contributed by atoms with Crippen LogP contribution in [0.25, 0.3) is 0 Å². The molecular formula is C25H31FN2O3. The van der Waals surface area contributed by atoms with Crippen molar-refractivity contribution in [3.63, 3.8) is 0 Å². The Hall–Kier alpha value is -2.42. The molecule has 166 valence electrons. The Kier molecular flexibility index (Phi) is 6.05. The molecule has 2 saturated carbocycles. The number of benzene rings is 1. The van der Waals surface area contributed by atoms with Crippen molar-refractivity contribution >= 4 is 11.9 Å². The van der Waals surface area contributed by atoms with Crippen molar-refractivity contribution in [2.75, 3.05) is 6.54 Å². The molecule has 3 fully saturated rings. The normalized spacial score (nSPS) is 35.4. The maximum atomic E-state index is 13.9. The number of hydrogen-bond donors (Lipinski definition) is 0. The van der Waals surface area contributed by atoms with Gasteiger partial charge in [0.25, 0.3) is 0 Å². The molecule has 1 unspecified atom stereocenters. The number of carbonyl (C=O) groups is 2. The highest BCUT2D eigenvalue weighted by Crippen LogP contribution is 2.59. The first-order valence-electron chi connectivity index (χ1n) is 11.3. The molecule has 0 N–H and O–H groups in total. The van der Waals surface area contributed by atoms with Crippen LogP contribution in [0.3, 0.4) is 0 Å². The van der Waals surface area contributed by atoms with Gasteiger partial charge in [-0.1, -0.05) is 37.3 Å². The van der Waals surface area contributed by atoms with Crippen molar-refractivity contribution in [2.24, 2.45) is 17.3 Å². The molecule has 1 amide bonds. The zero-order valence-electron chi connectivity index (χ0n) is 18.3. The van der Waals surface area contributed by atoms with E-state index >= 15 is 0 Å². The van der Waals surface area contributed by atoms with E-state index in [0.29, 0.717) is 11.8 Å². The van der Waals surface area contributed by atoms with Crippen LogP contribution < -0.4 is 0 Å². The predicted octanol–water partition coefficient (Wildman–Crippen LogP) is 4.38. The minimum atomic E-state index is -1.12. The van der Waals surface area contributed by atoms with Crippen LogP contribution in [0.2, 0.25) is 0 Å². The summed E-state index contributed by atoms with van der Waals surface area (Å²) in [4.78, 5) is 26.0. The highest BCUT2D eigenvalue weighted by Gasteiger charge is 2.52. The van der Waals surface area contributed by atoms with Crippen LogP contribution in [0.5, 0.6) is 0 Å². The Morgan fingerprint density at radius 3 is 2.45 bits per heavy atom. The molecule has 0 radical (unpaired) electrons. The molecule has 0 aromatic heterocycles. The Labute approximate surface area is 183 Å². The molecule has 6 heteroatoms. The molecule has 5 nitrogen and oxygen atoms in total. The van der Waals surface area contributed by atoms with Gasteiger partial charge in [0.05, 0.1) is 12.6 Å². The fourth-order valence-electron chi connectivity index (χ4n) is 6.48. The van der Waals surface area contributed by atoms with Gasteiger partial charge >= 0.3 is 5.97 Å². The summed E-state index contributed by atoms with van der Waals surface area (Å²) in [5.41, 5.74) is 1.06. The Balaban J connectivity index is 1.53. The number of hydrogen-bond acceptors (Lipinski definition) is 4. The van der Waals surface area contributed by atoms with Crippen molar-refractivity contribution < 1.29 is 18.7 Å². The lowest BCUT2D eigenvalue weighted by molar-refractivity contribution is -0.146. The zero-order valence-corrected chi connectivity index (χ0v) is 18.3. The largest absolute Gasteiger partial charge is 0.463 e. The summed E-state index contributed by atoms with van der Waals surface area (Å²) >= 11 is 0. The second kappa shape index (κ2) is 8.61. The number of alkyl halides is 1. The third-order valence-electron chi connectivity index (χ3n) is 7.73. The quantitative estimate of drug-likeness (QED) is 0.655. The lowest BCUT2D eigenvalue weighted by Crippen LogP contribution is -2.38. The first-order chi connectivity index (χ1) is 14.8. The fraction of sp³-hybridized carbons (Fsp3) is 0.640. The third-order valence-corrected chi connectivity index (χ3v) is 7.73. The highest BCUT2D eigenvalue weighted by atomic mass is 19.1. The van der Waals surface area contributed by atoms with Gasteiger partial charge in [0.2, 0.25) is 5.91 Å². The molecule has 4 rings (SSSR count). The van der Waals surface area contributed by atoms with E-state index in [-0.39, 0.29) is 48.7 Å². The van der Waals surface area contributed by atoms with E-state index in [9.17, 15) is 19.2 Å². The first-order valence-corrected chi connectivity index (χ1v) is 11.3. The number of nitrogens with zero attached hydrogens (tertiary/aromatic N) is 2. The summed E-state index contributed by atoms with van der Waals surface area (Å²) in [6, 6.07) is 11.5. The monoisotopic (exact) mass is 426 g/mol. The van der Waals surface area contributed by atoms with Crippen LogP contribution >= 0.6 is 0 Å². The summed E-state index contributed by atoms with van der Waals surface area (Å²) in [6.45, 7) is 3.75. The van der Waals surface area contributed by atoms with Gasteiger partial charge < -0.3 is 9.64 Å². The average molecular weight is 427 g/mol. The SMILES string of the molecule is CC(=O)O[C@@H]1C[C@@H]2C[C@@](C)(C(CC(=O)N3C[C@@H](F)C[C@H]3C#N)c3ccccc3)C[C@@H]2C1. The predicted molar refractivity (Wildman–Crippen MR) is 114 cm³/mol. The summed E-state index contributed by atoms with van der Waals surface area (Å²) in [5.74, 6) is 0.645. The van der Waals surface area contributed by atoms with E-state index in [1.807, 2.05) is 18.2 Å². The van der Waals surface area contributed by atoms with Crippen LogP contribution in [0.1, 0.15) is 63.9 Å². The van der Waals surface area contributed by atoms with Crippen LogP contribution in [-0.4, -0.2) is 41.6 Å². The van der Waals surface area contributed by atoms with Gasteiger partial charge in [0.15, 0.2) is 0 Å². The van der Waals surface area contributed by atoms with Gasteiger partial charge in [0, 0.05) is 19.8 Å². The minimum Gasteiger partial charge on any atom is -0.463 e. The van der Waals surface area contributed by atoms with Gasteiger partial charge in [0.1, 0.15) is 18.3 Å². The minimum absolute atomic E-state index is 0.0105. The second-order valence-corrected chi connectivity index (χ2v) is 9.98. The molecule has 1 aromatic rings. The second-order valence-electron chi connectivity index (χ2n) is 9.98. The molecule has 3 aliphatic rings. The zero-order chi connectivity index (χ0) is 22.2. The van der Waals surface area contributed by atoms with E-state index in [2.05, 4.69) is 25.1 Å². The Morgan fingerprint density at radius 2 is 1.87 bits per heavy atom. The number of likely N-dealkylation sites (tertiary alicyclic amines) is 1. The Morgan fingerprint density at radius 1 is 1.23 bits per heavy atom. The van der Waals surface area contributed by atoms with Crippen LogP contribution in [0, 0.1) is 28.6 Å². The van der Waals surface area contributed by atoms with E-state index in [1.54, 1.807) is 0 Å². The molecule has 0 spiro atoms. The average Bonchev–Trinajstić information content (AvgIpc) is 3.36. The van der Waals surface area contributed by atoms with E-state index in [4.69, 9.17) is 4.74 Å². The van der Waals surface area contributed by atoms with Gasteiger partial charge in [-0.3, -0.25) is 9.59 Å². The van der Waals surface area contributed by atoms with Crippen molar-refractivity contribution in [2.45, 2.75) is 76.6 Å². The molecular weight excluding hydrogens is 395 g/mol. The number of nitriles is 1. The molecule has 2 aliphatic carbocycles. The van der Waals surface area contributed by atoms with Gasteiger partial charge in [-0.25, -0.2) is 4.39 Å². The van der Waals surface area contributed by atoms with Gasteiger partial charge in [-0.05, 0) is 54.4 Å². The van der Waals surface area contributed by atoms with Crippen molar-refractivity contribution in [3.8, 4) is 6.07 Å². The molecule has 1 aliphatic heterocycles. The van der Waals surface area contributed by atoms with Gasteiger partial charge in [-0.15, -0.1) is 0 Å². The van der Waals surface area contributed by atoms with E-state index < -0.39 is 12.2 Å². The number of esters is 1. The van der Waals surface area contributed by atoms with Crippen LogP contribution in [0.4, 0.5) is 4.39 Å². The van der Waals surface area contributed by atoms with Crippen LogP contribution in [-0.2, 0) is 14.3 Å². The number of amides is 1. The Bertz CT molecular complexity index is 853. The number of ether oxygens (including phenoxy) is 1. The summed E-state index contributed by atoms with van der Waals surface area (Å²) in [5, 5.41) is 9.37. The topological polar surface area (TPSA) is 70.4 Å². The number of halogens is 1. The maximum absolute atomic E-state index is 13.9. The van der Waals surface area contributed by atoms with Gasteiger partial charge in [-0.2, -0.15) is 5.26 Å². The highest BCUT2D eigenvalue weighted by molar-refractivity contribution is 5.78. The molecule has 0 bridgehead atoms. The van der Waals surface area contributed by atoms with E-state index in [0.717, 1.165) is 31.2 Å². The number of fused-ring (bicyclic) bond motifs is 1. The lowest BCUT2D eigenvalue weighted by atomic mass is 9.69. The van der Waals surface area contributed by atoms with Crippen LogP contribution in [0.15, 0.2) is 30.3 Å². The molecule has 1 aromatic carbocycles. The van der Waals surface area contributed by atoms with E-state index in [1.165, 1.54) is 11.8 Å². The number of carbonyl (C=O) groups excluding carboxylic acids is 2. The summed E-state index contributed by atoms with van der Waals surface area (Å²) < 4.78 is 19.4. The smallest absolute Gasteiger partial charge is 0.302 e. The van der Waals surface area contributed by atoms with Crippen molar-refractivity contribution in [1.29, 1.82) is 5.26 Å². The standard InChI is InChI=1S/C25H31FN2O3/c1-16(29)31-22-8-18-12-25(2,13-19(18)9-22)23(17-6-4-3-5-7-17)11-24(30)28-15-20(26)10-21(28)14-27/h3-7,18-23H,8-13,15H2,1-2H3/t18-,19+,20-,21-,22-,23?,25-/m0/s1. The summed E-state index contributed by atoms with van der Waals surface area (Å²) in [7, 11) is 0. The van der Waals surface area contributed by atoms with Crippen molar-refractivity contribution in [1.82, 2.24) is 4.90 Å². The first kappa shape index (κ1) is 21.8. The van der Waals surface area contributed by atoms with Crippen molar-refractivity contribution in [3.05, 3.63) is 35.9 Å². The lowest BCUT2D eigenvalue weighted by Gasteiger charge is -2.37. The fourth-order valence-corrected chi connectivity index (χ4v) is 6.48. The molecule has 7 atom stereocenters. The third kappa shape index (κ3) is 4.46. The summed E-state index contributed by atoms with van der Waals surface area (Å²) in [6.07, 6.45) is 3.03. The molecule has 31 heavy (non-hydrogen) atoms. The molecule has 1 heterocycles. The maximum Gasteiger partial charge on any atom is 0.302 e.